The van der Waals surface area contributed by atoms with Crippen molar-refractivity contribution in [3.8, 4) is 17.1 Å². The maximum absolute atomic E-state index is 6.20. The van der Waals surface area contributed by atoms with Gasteiger partial charge in [0.05, 0.1) is 0 Å². The Labute approximate surface area is 158 Å². The molecule has 1 N–H and O–H groups in total. The summed E-state index contributed by atoms with van der Waals surface area (Å²) in [5.74, 6) is 1.38. The zero-order valence-electron chi connectivity index (χ0n) is 13.4. The molecule has 5 nitrogen and oxygen atoms in total. The third-order valence-corrected chi connectivity index (χ3v) is 5.03. The summed E-state index contributed by atoms with van der Waals surface area (Å²) in [6.07, 6.45) is -0.355. The fourth-order valence-corrected chi connectivity index (χ4v) is 3.39. The number of benzene rings is 2. The molecule has 1 aromatic heterocycles. The second kappa shape index (κ2) is 7.01. The minimum atomic E-state index is -0.355. The average Bonchev–Trinajstić information content (AvgIpc) is 2.79. The first kappa shape index (κ1) is 16.4. The van der Waals surface area contributed by atoms with E-state index < -0.39 is 0 Å². The first-order valence-electron chi connectivity index (χ1n) is 7.90. The number of halogens is 1. The molecule has 1 unspecified atom stereocenters. The number of para-hydroxylation sites is 1. The molecule has 126 valence electrons. The number of nitrogens with zero attached hydrogens (tertiary/aromatic N) is 3. The van der Waals surface area contributed by atoms with Gasteiger partial charge in [-0.15, -0.1) is 10.2 Å². The van der Waals surface area contributed by atoms with Crippen LogP contribution in [-0.2, 0) is 0 Å². The quantitative estimate of drug-likeness (QED) is 0.613. The van der Waals surface area contributed by atoms with Gasteiger partial charge < -0.3 is 10.1 Å². The predicted molar refractivity (Wildman–Crippen MR) is 103 cm³/mol. The van der Waals surface area contributed by atoms with Gasteiger partial charge in [-0.25, -0.2) is 0 Å². The van der Waals surface area contributed by atoms with Crippen LogP contribution in [-0.4, -0.2) is 20.9 Å². The smallest absolute Gasteiger partial charge is 0.247 e. The van der Waals surface area contributed by atoms with Gasteiger partial charge in [0.2, 0.25) is 11.0 Å². The van der Waals surface area contributed by atoms with Crippen molar-refractivity contribution < 1.29 is 4.74 Å². The number of hydrogen-bond donors (Lipinski definition) is 1. The van der Waals surface area contributed by atoms with Crippen LogP contribution in [0.1, 0.15) is 18.7 Å². The van der Waals surface area contributed by atoms with E-state index in [0.29, 0.717) is 16.7 Å². The Morgan fingerprint density at radius 1 is 1.12 bits per heavy atom. The molecule has 0 aliphatic carbocycles. The lowest BCUT2D eigenvalue weighted by Gasteiger charge is -2.19. The average molecular weight is 415 g/mol. The molecule has 0 bridgehead atoms. The molecule has 2 aromatic carbocycles. The Balaban J connectivity index is 1.82. The third kappa shape index (κ3) is 3.34. The van der Waals surface area contributed by atoms with Crippen molar-refractivity contribution in [3.63, 3.8) is 0 Å². The SMILES string of the molecule is CCSc1nnc2c(n1)OC(c1ccc(Br)cc1)Nc1ccccc1-2. The summed E-state index contributed by atoms with van der Waals surface area (Å²) in [7, 11) is 0. The van der Waals surface area contributed by atoms with E-state index in [4.69, 9.17) is 4.74 Å². The maximum atomic E-state index is 6.20. The summed E-state index contributed by atoms with van der Waals surface area (Å²) in [6, 6.07) is 16.0. The van der Waals surface area contributed by atoms with Crippen molar-refractivity contribution in [2.75, 3.05) is 11.1 Å². The van der Waals surface area contributed by atoms with Crippen LogP contribution in [0, 0.1) is 0 Å². The van der Waals surface area contributed by atoms with E-state index in [1.165, 1.54) is 0 Å². The third-order valence-electron chi connectivity index (χ3n) is 3.78. The number of rotatable bonds is 3. The highest BCUT2D eigenvalue weighted by molar-refractivity contribution is 9.10. The zero-order valence-corrected chi connectivity index (χ0v) is 15.8. The summed E-state index contributed by atoms with van der Waals surface area (Å²) in [6.45, 7) is 2.06. The molecule has 0 amide bonds. The zero-order chi connectivity index (χ0) is 17.2. The van der Waals surface area contributed by atoms with Crippen LogP contribution in [0.2, 0.25) is 0 Å². The van der Waals surface area contributed by atoms with E-state index in [0.717, 1.165) is 27.0 Å². The normalized spacial score (nSPS) is 15.4. The predicted octanol–water partition coefficient (Wildman–Crippen LogP) is 4.92. The van der Waals surface area contributed by atoms with E-state index in [9.17, 15) is 0 Å². The van der Waals surface area contributed by atoms with Gasteiger partial charge in [0.1, 0.15) is 0 Å². The van der Waals surface area contributed by atoms with Crippen LogP contribution in [0.25, 0.3) is 11.3 Å². The molecule has 0 spiro atoms. The van der Waals surface area contributed by atoms with E-state index in [-0.39, 0.29) is 6.23 Å². The van der Waals surface area contributed by atoms with Crippen LogP contribution in [0.15, 0.2) is 58.2 Å². The van der Waals surface area contributed by atoms with Crippen LogP contribution >= 0.6 is 27.7 Å². The Hall–Kier alpha value is -2.12. The summed E-state index contributed by atoms with van der Waals surface area (Å²) in [4.78, 5) is 4.57. The van der Waals surface area contributed by atoms with Gasteiger partial charge in [-0.1, -0.05) is 64.9 Å². The van der Waals surface area contributed by atoms with Gasteiger partial charge in [0, 0.05) is 21.3 Å². The lowest BCUT2D eigenvalue weighted by Crippen LogP contribution is -2.17. The minimum absolute atomic E-state index is 0.355. The molecule has 1 aliphatic heterocycles. The number of ether oxygens (including phenoxy) is 1. The summed E-state index contributed by atoms with van der Waals surface area (Å²) < 4.78 is 7.22. The topological polar surface area (TPSA) is 59.9 Å². The molecule has 4 rings (SSSR count). The molecule has 2 heterocycles. The van der Waals surface area contributed by atoms with Crippen molar-refractivity contribution in [3.05, 3.63) is 58.6 Å². The first-order chi connectivity index (χ1) is 12.2. The number of hydrogen-bond acceptors (Lipinski definition) is 6. The summed E-state index contributed by atoms with van der Waals surface area (Å²) in [5.41, 5.74) is 3.55. The molecular formula is C18H15BrN4OS. The van der Waals surface area contributed by atoms with Crippen LogP contribution in [0.4, 0.5) is 5.69 Å². The molecule has 0 saturated heterocycles. The van der Waals surface area contributed by atoms with Gasteiger partial charge in [-0.3, -0.25) is 0 Å². The summed E-state index contributed by atoms with van der Waals surface area (Å²) in [5, 5.41) is 12.7. The Morgan fingerprint density at radius 3 is 2.72 bits per heavy atom. The lowest BCUT2D eigenvalue weighted by molar-refractivity contribution is 0.225. The minimum Gasteiger partial charge on any atom is -0.448 e. The Morgan fingerprint density at radius 2 is 1.92 bits per heavy atom. The fraction of sp³-hybridized carbons (Fsp3) is 0.167. The lowest BCUT2D eigenvalue weighted by atomic mass is 10.1. The fourth-order valence-electron chi connectivity index (χ4n) is 2.63. The highest BCUT2D eigenvalue weighted by Gasteiger charge is 2.25. The second-order valence-corrected chi connectivity index (χ2v) is 7.57. The Kier molecular flexibility index (Phi) is 4.59. The molecule has 1 atom stereocenters. The van der Waals surface area contributed by atoms with E-state index in [1.807, 2.05) is 48.5 Å². The van der Waals surface area contributed by atoms with Crippen molar-refractivity contribution in [2.24, 2.45) is 0 Å². The molecule has 0 radical (unpaired) electrons. The van der Waals surface area contributed by atoms with E-state index in [1.54, 1.807) is 11.8 Å². The molecule has 0 fully saturated rings. The standard InChI is InChI=1S/C18H15BrN4OS/c1-2-25-18-21-17-15(22-23-18)13-5-3-4-6-14(13)20-16(24-17)11-7-9-12(19)10-8-11/h3-10,16,20H,2H2,1H3. The number of fused-ring (bicyclic) bond motifs is 3. The molecule has 0 saturated carbocycles. The molecule has 1 aliphatic rings. The van der Waals surface area contributed by atoms with Gasteiger partial charge in [0.25, 0.3) is 0 Å². The van der Waals surface area contributed by atoms with Crippen molar-refractivity contribution in [2.45, 2.75) is 18.3 Å². The number of aromatic nitrogens is 3. The van der Waals surface area contributed by atoms with Crippen molar-refractivity contribution >= 4 is 33.4 Å². The Bertz CT molecular complexity index is 904. The number of anilines is 1. The molecule has 3 aromatic rings. The molecular weight excluding hydrogens is 400 g/mol. The first-order valence-corrected chi connectivity index (χ1v) is 9.68. The van der Waals surface area contributed by atoms with E-state index in [2.05, 4.69) is 43.4 Å². The highest BCUT2D eigenvalue weighted by atomic mass is 79.9. The van der Waals surface area contributed by atoms with Gasteiger partial charge in [-0.05, 0) is 24.0 Å². The summed E-state index contributed by atoms with van der Waals surface area (Å²) >= 11 is 5.01. The van der Waals surface area contributed by atoms with Crippen molar-refractivity contribution in [1.29, 1.82) is 0 Å². The van der Waals surface area contributed by atoms with Crippen LogP contribution < -0.4 is 10.1 Å². The molecule has 25 heavy (non-hydrogen) atoms. The monoisotopic (exact) mass is 414 g/mol. The highest BCUT2D eigenvalue weighted by Crippen LogP contribution is 2.39. The largest absolute Gasteiger partial charge is 0.448 e. The van der Waals surface area contributed by atoms with E-state index >= 15 is 0 Å². The van der Waals surface area contributed by atoms with Crippen molar-refractivity contribution in [1.82, 2.24) is 15.2 Å². The maximum Gasteiger partial charge on any atom is 0.247 e. The van der Waals surface area contributed by atoms with Crippen LogP contribution in [0.3, 0.4) is 0 Å². The van der Waals surface area contributed by atoms with Crippen LogP contribution in [0.5, 0.6) is 5.88 Å². The van der Waals surface area contributed by atoms with Gasteiger partial charge in [-0.2, -0.15) is 4.98 Å². The molecule has 7 heteroatoms. The number of thioether (sulfide) groups is 1. The second-order valence-electron chi connectivity index (χ2n) is 5.42. The number of nitrogens with one attached hydrogen (secondary N) is 1. The van der Waals surface area contributed by atoms with Gasteiger partial charge >= 0.3 is 0 Å². The van der Waals surface area contributed by atoms with Gasteiger partial charge in [0.15, 0.2) is 11.9 Å².